The Balaban J connectivity index is 2.75. The van der Waals surface area contributed by atoms with E-state index in [-0.39, 0.29) is 11.9 Å². The highest BCUT2D eigenvalue weighted by Crippen LogP contribution is 2.14. The maximum absolute atomic E-state index is 12.0. The van der Waals surface area contributed by atoms with Crippen LogP contribution in [0, 0.1) is 3.57 Å². The van der Waals surface area contributed by atoms with Gasteiger partial charge in [0, 0.05) is 20.9 Å². The molecule has 3 nitrogen and oxygen atoms in total. The zero-order valence-electron chi connectivity index (χ0n) is 10.3. The SMILES string of the molecule is CCCC(CC)NC(=O)c1cc(N)cc(I)c1. The molecule has 0 spiro atoms. The number of benzene rings is 1. The van der Waals surface area contributed by atoms with Gasteiger partial charge in [-0.05, 0) is 53.6 Å². The lowest BCUT2D eigenvalue weighted by atomic mass is 10.1. The van der Waals surface area contributed by atoms with Crippen molar-refractivity contribution in [2.45, 2.75) is 39.2 Å². The minimum Gasteiger partial charge on any atom is -0.399 e. The normalized spacial score (nSPS) is 12.2. The molecule has 1 rings (SSSR count). The van der Waals surface area contributed by atoms with Gasteiger partial charge in [0.05, 0.1) is 0 Å². The molecule has 0 bridgehead atoms. The summed E-state index contributed by atoms with van der Waals surface area (Å²) < 4.78 is 0.983. The van der Waals surface area contributed by atoms with Gasteiger partial charge in [-0.25, -0.2) is 0 Å². The number of carbonyl (C=O) groups is 1. The van der Waals surface area contributed by atoms with Crippen LogP contribution in [-0.2, 0) is 0 Å². The van der Waals surface area contributed by atoms with E-state index in [4.69, 9.17) is 5.73 Å². The third kappa shape index (κ3) is 4.53. The Morgan fingerprint density at radius 1 is 1.41 bits per heavy atom. The average molecular weight is 346 g/mol. The van der Waals surface area contributed by atoms with E-state index in [0.29, 0.717) is 11.3 Å². The van der Waals surface area contributed by atoms with Gasteiger partial charge >= 0.3 is 0 Å². The van der Waals surface area contributed by atoms with E-state index in [1.807, 2.05) is 12.1 Å². The van der Waals surface area contributed by atoms with Crippen LogP contribution in [0.5, 0.6) is 0 Å². The summed E-state index contributed by atoms with van der Waals surface area (Å²) in [5.74, 6) is -0.0319. The van der Waals surface area contributed by atoms with Crippen molar-refractivity contribution in [3.05, 3.63) is 27.3 Å². The van der Waals surface area contributed by atoms with Crippen LogP contribution in [0.2, 0.25) is 0 Å². The Morgan fingerprint density at radius 3 is 2.65 bits per heavy atom. The fraction of sp³-hybridized carbons (Fsp3) is 0.462. The van der Waals surface area contributed by atoms with Crippen LogP contribution in [-0.4, -0.2) is 11.9 Å². The first kappa shape index (κ1) is 14.3. The number of hydrogen-bond acceptors (Lipinski definition) is 2. The summed E-state index contributed by atoms with van der Waals surface area (Å²) in [4.78, 5) is 12.0. The average Bonchev–Trinajstić information content (AvgIpc) is 2.27. The van der Waals surface area contributed by atoms with E-state index >= 15 is 0 Å². The molecule has 3 N–H and O–H groups in total. The molecule has 17 heavy (non-hydrogen) atoms. The second-order valence-corrected chi connectivity index (χ2v) is 5.39. The highest BCUT2D eigenvalue weighted by Gasteiger charge is 2.12. The molecule has 0 aliphatic heterocycles. The number of nitrogens with two attached hydrogens (primary N) is 1. The van der Waals surface area contributed by atoms with Gasteiger partial charge in [0.2, 0.25) is 0 Å². The van der Waals surface area contributed by atoms with Gasteiger partial charge in [-0.3, -0.25) is 4.79 Å². The molecule has 0 saturated heterocycles. The fourth-order valence-corrected chi connectivity index (χ4v) is 2.43. The minimum absolute atomic E-state index is 0.0319. The van der Waals surface area contributed by atoms with E-state index in [1.165, 1.54) is 0 Å². The third-order valence-corrected chi connectivity index (χ3v) is 3.27. The Morgan fingerprint density at radius 2 is 2.12 bits per heavy atom. The molecule has 0 radical (unpaired) electrons. The number of nitrogen functional groups attached to an aromatic ring is 1. The minimum atomic E-state index is -0.0319. The second-order valence-electron chi connectivity index (χ2n) is 4.14. The monoisotopic (exact) mass is 346 g/mol. The van der Waals surface area contributed by atoms with E-state index in [0.717, 1.165) is 22.8 Å². The van der Waals surface area contributed by atoms with Gasteiger partial charge in [0.1, 0.15) is 0 Å². The van der Waals surface area contributed by atoms with Crippen molar-refractivity contribution in [2.24, 2.45) is 0 Å². The van der Waals surface area contributed by atoms with E-state index in [2.05, 4.69) is 41.8 Å². The zero-order chi connectivity index (χ0) is 12.8. The van der Waals surface area contributed by atoms with E-state index in [1.54, 1.807) is 6.07 Å². The van der Waals surface area contributed by atoms with Crippen LogP contribution in [0.1, 0.15) is 43.5 Å². The predicted molar refractivity (Wildman–Crippen MR) is 80.0 cm³/mol. The van der Waals surface area contributed by atoms with Crippen molar-refractivity contribution < 1.29 is 4.79 Å². The molecule has 1 aromatic rings. The summed E-state index contributed by atoms with van der Waals surface area (Å²) in [6.45, 7) is 4.21. The smallest absolute Gasteiger partial charge is 0.251 e. The number of carbonyl (C=O) groups excluding carboxylic acids is 1. The summed E-state index contributed by atoms with van der Waals surface area (Å²) in [5, 5.41) is 3.04. The highest BCUT2D eigenvalue weighted by molar-refractivity contribution is 14.1. The maximum atomic E-state index is 12.0. The summed E-state index contributed by atoms with van der Waals surface area (Å²) in [6.07, 6.45) is 3.05. The number of hydrogen-bond donors (Lipinski definition) is 2. The van der Waals surface area contributed by atoms with Crippen molar-refractivity contribution in [3.8, 4) is 0 Å². The first-order chi connectivity index (χ1) is 8.06. The number of halogens is 1. The van der Waals surface area contributed by atoms with Gasteiger partial charge in [0.15, 0.2) is 0 Å². The van der Waals surface area contributed by atoms with Crippen molar-refractivity contribution in [1.29, 1.82) is 0 Å². The fourth-order valence-electron chi connectivity index (χ4n) is 1.74. The molecule has 1 atom stereocenters. The van der Waals surface area contributed by atoms with Gasteiger partial charge in [-0.1, -0.05) is 20.3 Å². The third-order valence-electron chi connectivity index (χ3n) is 2.65. The van der Waals surface area contributed by atoms with Crippen molar-refractivity contribution >= 4 is 34.2 Å². The summed E-state index contributed by atoms with van der Waals surface area (Å²) in [5.41, 5.74) is 7.01. The number of rotatable bonds is 5. The molecule has 4 heteroatoms. The Hall–Kier alpha value is -0.780. The zero-order valence-corrected chi connectivity index (χ0v) is 12.5. The molecule has 0 aliphatic rings. The van der Waals surface area contributed by atoms with Crippen LogP contribution in [0.25, 0.3) is 0 Å². The molecule has 0 heterocycles. The second kappa shape index (κ2) is 6.83. The Bertz CT molecular complexity index is 373. The Labute approximate surface area is 116 Å². The lowest BCUT2D eigenvalue weighted by molar-refractivity contribution is 0.0933. The Kier molecular flexibility index (Phi) is 5.74. The molecule has 1 unspecified atom stereocenters. The quantitative estimate of drug-likeness (QED) is 0.636. The molecular weight excluding hydrogens is 327 g/mol. The van der Waals surface area contributed by atoms with E-state index < -0.39 is 0 Å². The van der Waals surface area contributed by atoms with Gasteiger partial charge in [-0.15, -0.1) is 0 Å². The van der Waals surface area contributed by atoms with Crippen molar-refractivity contribution in [2.75, 3.05) is 5.73 Å². The van der Waals surface area contributed by atoms with Crippen LogP contribution in [0.3, 0.4) is 0 Å². The van der Waals surface area contributed by atoms with Gasteiger partial charge in [0.25, 0.3) is 5.91 Å². The molecular formula is C13H19IN2O. The first-order valence-electron chi connectivity index (χ1n) is 5.93. The molecule has 0 aromatic heterocycles. The van der Waals surface area contributed by atoms with Crippen LogP contribution >= 0.6 is 22.6 Å². The van der Waals surface area contributed by atoms with Crippen LogP contribution < -0.4 is 11.1 Å². The predicted octanol–water partition coefficient (Wildman–Crippen LogP) is 3.18. The van der Waals surface area contributed by atoms with Crippen molar-refractivity contribution in [3.63, 3.8) is 0 Å². The van der Waals surface area contributed by atoms with Crippen LogP contribution in [0.15, 0.2) is 18.2 Å². The molecule has 1 amide bonds. The molecule has 0 fully saturated rings. The van der Waals surface area contributed by atoms with Crippen molar-refractivity contribution in [1.82, 2.24) is 5.32 Å². The van der Waals surface area contributed by atoms with E-state index in [9.17, 15) is 4.79 Å². The largest absolute Gasteiger partial charge is 0.399 e. The summed E-state index contributed by atoms with van der Waals surface area (Å²) in [7, 11) is 0. The number of amides is 1. The molecule has 0 aliphatic carbocycles. The molecule has 0 saturated carbocycles. The lowest BCUT2D eigenvalue weighted by Crippen LogP contribution is -2.34. The lowest BCUT2D eigenvalue weighted by Gasteiger charge is -2.16. The summed E-state index contributed by atoms with van der Waals surface area (Å²) >= 11 is 2.16. The highest BCUT2D eigenvalue weighted by atomic mass is 127. The first-order valence-corrected chi connectivity index (χ1v) is 7.01. The number of nitrogens with one attached hydrogen (secondary N) is 1. The molecule has 1 aromatic carbocycles. The summed E-state index contributed by atoms with van der Waals surface area (Å²) in [6, 6.07) is 5.67. The molecule has 94 valence electrons. The number of anilines is 1. The topological polar surface area (TPSA) is 55.1 Å². The maximum Gasteiger partial charge on any atom is 0.251 e. The van der Waals surface area contributed by atoms with Crippen LogP contribution in [0.4, 0.5) is 5.69 Å². The van der Waals surface area contributed by atoms with Gasteiger partial charge < -0.3 is 11.1 Å². The standard InChI is InChI=1S/C13H19IN2O/c1-3-5-12(4-2)16-13(17)9-6-10(14)8-11(15)7-9/h6-8,12H,3-5,15H2,1-2H3,(H,16,17). The van der Waals surface area contributed by atoms with Gasteiger partial charge in [-0.2, -0.15) is 0 Å².